The molecule has 2 aromatic carbocycles. The number of nitrogens with one attached hydrogen (secondary N) is 1. The number of hydrogen-bond donors (Lipinski definition) is 1. The van der Waals surface area contributed by atoms with Gasteiger partial charge in [-0.05, 0) is 38.0 Å². The van der Waals surface area contributed by atoms with E-state index >= 15 is 0 Å². The van der Waals surface area contributed by atoms with Gasteiger partial charge in [-0.2, -0.15) is 0 Å². The summed E-state index contributed by atoms with van der Waals surface area (Å²) in [4.78, 5) is 29.8. The number of aryl methyl sites for hydroxylation is 2. The number of carbonyl (C=O) groups is 2. The van der Waals surface area contributed by atoms with Gasteiger partial charge in [-0.1, -0.05) is 42.0 Å². The number of para-hydroxylation sites is 1. The molecule has 0 radical (unpaired) electrons. The maximum Gasteiger partial charge on any atom is 0.339 e. The lowest BCUT2D eigenvalue weighted by molar-refractivity contribution is -0.124. The minimum atomic E-state index is -3.11. The van der Waals surface area contributed by atoms with Crippen molar-refractivity contribution in [1.29, 1.82) is 0 Å². The topological polar surface area (TPSA) is 102 Å². The lowest BCUT2D eigenvalue weighted by Gasteiger charge is -2.13. The molecule has 1 unspecified atom stereocenters. The van der Waals surface area contributed by atoms with Crippen molar-refractivity contribution in [3.8, 4) is 11.3 Å². The molecule has 166 valence electrons. The van der Waals surface area contributed by atoms with Crippen LogP contribution in [-0.4, -0.2) is 49.4 Å². The van der Waals surface area contributed by atoms with Gasteiger partial charge in [0.15, 0.2) is 16.4 Å². The summed E-state index contributed by atoms with van der Waals surface area (Å²) in [5, 5.41) is 3.25. The van der Waals surface area contributed by atoms with Crippen LogP contribution >= 0.6 is 0 Å². The zero-order valence-corrected chi connectivity index (χ0v) is 18.7. The number of nitrogens with zero attached hydrogens (tertiary/aromatic N) is 1. The highest BCUT2D eigenvalue weighted by Gasteiger charge is 2.29. The van der Waals surface area contributed by atoms with Crippen LogP contribution in [0.4, 0.5) is 0 Å². The second kappa shape index (κ2) is 8.70. The zero-order chi connectivity index (χ0) is 22.9. The molecule has 1 aromatic heterocycles. The zero-order valence-electron chi connectivity index (χ0n) is 17.9. The third-order valence-corrected chi connectivity index (χ3v) is 7.29. The van der Waals surface area contributed by atoms with Crippen molar-refractivity contribution in [2.75, 3.05) is 18.1 Å². The first kappa shape index (κ1) is 22.0. The number of benzene rings is 2. The third-order valence-electron chi connectivity index (χ3n) is 5.53. The number of rotatable bonds is 5. The van der Waals surface area contributed by atoms with Gasteiger partial charge in [0.1, 0.15) is 0 Å². The molecule has 1 amide bonds. The number of ether oxygens (including phenoxy) is 1. The summed E-state index contributed by atoms with van der Waals surface area (Å²) in [6.45, 7) is 3.52. The van der Waals surface area contributed by atoms with E-state index in [4.69, 9.17) is 9.72 Å². The Labute approximate surface area is 186 Å². The second-order valence-corrected chi connectivity index (χ2v) is 10.4. The summed E-state index contributed by atoms with van der Waals surface area (Å²) in [5.74, 6) is -1.18. The molecule has 1 N–H and O–H groups in total. The minimum Gasteiger partial charge on any atom is -0.452 e. The minimum absolute atomic E-state index is 0.0575. The average Bonchev–Trinajstić information content (AvgIpc) is 3.09. The van der Waals surface area contributed by atoms with Crippen LogP contribution in [0.5, 0.6) is 0 Å². The summed E-state index contributed by atoms with van der Waals surface area (Å²) in [5.41, 5.74) is 4.70. The molecule has 32 heavy (non-hydrogen) atoms. The predicted molar refractivity (Wildman–Crippen MR) is 122 cm³/mol. The van der Waals surface area contributed by atoms with Crippen molar-refractivity contribution >= 4 is 32.6 Å². The Hall–Kier alpha value is -3.26. The van der Waals surface area contributed by atoms with Crippen LogP contribution in [0.2, 0.25) is 0 Å². The number of carbonyl (C=O) groups excluding carboxylic acids is 2. The number of hydrogen-bond acceptors (Lipinski definition) is 6. The molecule has 4 rings (SSSR count). The summed E-state index contributed by atoms with van der Waals surface area (Å²) in [6.07, 6.45) is 0.371. The lowest BCUT2D eigenvalue weighted by Crippen LogP contribution is -2.38. The third kappa shape index (κ3) is 4.80. The van der Waals surface area contributed by atoms with E-state index < -0.39 is 34.4 Å². The Morgan fingerprint density at radius 3 is 2.62 bits per heavy atom. The van der Waals surface area contributed by atoms with Crippen LogP contribution in [0.25, 0.3) is 22.2 Å². The van der Waals surface area contributed by atoms with E-state index in [0.29, 0.717) is 28.6 Å². The Kier molecular flexibility index (Phi) is 5.97. The fourth-order valence-electron chi connectivity index (χ4n) is 3.97. The van der Waals surface area contributed by atoms with E-state index in [1.807, 2.05) is 44.2 Å². The predicted octanol–water partition coefficient (Wildman–Crippen LogP) is 2.98. The Balaban J connectivity index is 1.56. The Morgan fingerprint density at radius 2 is 1.91 bits per heavy atom. The van der Waals surface area contributed by atoms with Crippen molar-refractivity contribution in [3.63, 3.8) is 0 Å². The summed E-state index contributed by atoms with van der Waals surface area (Å²) < 4.78 is 28.4. The molecule has 1 saturated heterocycles. The maximum absolute atomic E-state index is 12.9. The van der Waals surface area contributed by atoms with Gasteiger partial charge in [0.05, 0.1) is 28.3 Å². The summed E-state index contributed by atoms with van der Waals surface area (Å²) in [7, 11) is -3.11. The van der Waals surface area contributed by atoms with Gasteiger partial charge < -0.3 is 10.1 Å². The van der Waals surface area contributed by atoms with Crippen molar-refractivity contribution in [1.82, 2.24) is 10.3 Å². The number of fused-ring (bicyclic) bond motifs is 1. The molecular formula is C24H24N2O5S. The van der Waals surface area contributed by atoms with Crippen LogP contribution in [0.3, 0.4) is 0 Å². The van der Waals surface area contributed by atoms with Crippen molar-refractivity contribution < 1.29 is 22.7 Å². The van der Waals surface area contributed by atoms with E-state index in [-0.39, 0.29) is 11.5 Å². The molecule has 8 heteroatoms. The molecular weight excluding hydrogens is 428 g/mol. The van der Waals surface area contributed by atoms with Crippen molar-refractivity contribution in [2.45, 2.75) is 26.3 Å². The van der Waals surface area contributed by atoms with E-state index in [2.05, 4.69) is 11.4 Å². The molecule has 0 saturated carbocycles. The number of amides is 1. The largest absolute Gasteiger partial charge is 0.452 e. The van der Waals surface area contributed by atoms with Crippen LogP contribution in [0, 0.1) is 13.8 Å². The molecule has 0 spiro atoms. The lowest BCUT2D eigenvalue weighted by atomic mass is 9.99. The van der Waals surface area contributed by atoms with Gasteiger partial charge in [0.2, 0.25) is 0 Å². The molecule has 1 atom stereocenters. The first-order chi connectivity index (χ1) is 15.2. The van der Waals surface area contributed by atoms with Gasteiger partial charge in [-0.3, -0.25) is 4.79 Å². The van der Waals surface area contributed by atoms with Gasteiger partial charge >= 0.3 is 5.97 Å². The van der Waals surface area contributed by atoms with E-state index in [1.54, 1.807) is 12.1 Å². The highest BCUT2D eigenvalue weighted by atomic mass is 32.2. The Bertz CT molecular complexity index is 1320. The highest BCUT2D eigenvalue weighted by Crippen LogP contribution is 2.28. The van der Waals surface area contributed by atoms with Crippen LogP contribution in [0.1, 0.15) is 27.9 Å². The van der Waals surface area contributed by atoms with Gasteiger partial charge in [0, 0.05) is 17.0 Å². The van der Waals surface area contributed by atoms with Gasteiger partial charge in [-0.25, -0.2) is 18.2 Å². The van der Waals surface area contributed by atoms with E-state index in [9.17, 15) is 18.0 Å². The molecule has 0 aliphatic carbocycles. The van der Waals surface area contributed by atoms with E-state index in [0.717, 1.165) is 16.7 Å². The number of aromatic nitrogens is 1. The SMILES string of the molecule is Cc1ccc(-c2cc(C(=O)OCC(=O)NC3CCS(=O)(=O)C3)c3ccccc3n2)c(C)c1. The normalized spacial score (nSPS) is 17.2. The number of esters is 1. The number of pyridine rings is 1. The van der Waals surface area contributed by atoms with Crippen LogP contribution in [0.15, 0.2) is 48.5 Å². The standard InChI is InChI=1S/C24H24N2O5S/c1-15-7-8-18(16(2)11-15)22-12-20(19-5-3-4-6-21(19)26-22)24(28)31-13-23(27)25-17-9-10-32(29,30)14-17/h3-8,11-12,17H,9-10,13-14H2,1-2H3,(H,25,27). The first-order valence-corrected chi connectivity index (χ1v) is 12.2. The molecule has 3 aromatic rings. The second-order valence-electron chi connectivity index (χ2n) is 8.13. The average molecular weight is 453 g/mol. The molecule has 1 fully saturated rings. The maximum atomic E-state index is 12.9. The highest BCUT2D eigenvalue weighted by molar-refractivity contribution is 7.91. The molecule has 0 bridgehead atoms. The first-order valence-electron chi connectivity index (χ1n) is 10.4. The number of sulfone groups is 1. The molecule has 7 nitrogen and oxygen atoms in total. The van der Waals surface area contributed by atoms with Crippen LogP contribution in [-0.2, 0) is 19.4 Å². The fourth-order valence-corrected chi connectivity index (χ4v) is 5.64. The van der Waals surface area contributed by atoms with E-state index in [1.165, 1.54) is 0 Å². The van der Waals surface area contributed by atoms with Crippen molar-refractivity contribution in [3.05, 3.63) is 65.2 Å². The molecule has 1 aliphatic heterocycles. The summed E-state index contributed by atoms with van der Waals surface area (Å²) in [6, 6.07) is 14.5. The van der Waals surface area contributed by atoms with Crippen molar-refractivity contribution in [2.24, 2.45) is 0 Å². The monoisotopic (exact) mass is 452 g/mol. The molecule has 2 heterocycles. The Morgan fingerprint density at radius 1 is 1.12 bits per heavy atom. The van der Waals surface area contributed by atoms with Gasteiger partial charge in [-0.15, -0.1) is 0 Å². The van der Waals surface area contributed by atoms with Crippen LogP contribution < -0.4 is 5.32 Å². The summed E-state index contributed by atoms with van der Waals surface area (Å²) >= 11 is 0. The quantitative estimate of drug-likeness (QED) is 0.597. The van der Waals surface area contributed by atoms with Gasteiger partial charge in [0.25, 0.3) is 5.91 Å². The smallest absolute Gasteiger partial charge is 0.339 e. The molecule has 1 aliphatic rings. The fraction of sp³-hybridized carbons (Fsp3) is 0.292.